The monoisotopic (exact) mass is 493 g/mol. The quantitative estimate of drug-likeness (QED) is 0.209. The molecule has 35 heavy (non-hydrogen) atoms. The fourth-order valence-electron chi connectivity index (χ4n) is 4.28. The maximum absolute atomic E-state index is 14.0. The van der Waals surface area contributed by atoms with Crippen LogP contribution < -0.4 is 4.74 Å². The summed E-state index contributed by atoms with van der Waals surface area (Å²) in [7, 11) is -0.712. The number of hydrogen-bond acceptors (Lipinski definition) is 3. The van der Waals surface area contributed by atoms with Crippen LogP contribution in [0.3, 0.4) is 0 Å². The highest BCUT2D eigenvalue weighted by Gasteiger charge is 2.34. The summed E-state index contributed by atoms with van der Waals surface area (Å²) in [6.07, 6.45) is 4.60. The van der Waals surface area contributed by atoms with Crippen molar-refractivity contribution >= 4 is 16.9 Å². The molecular weight excluding hydrogens is 466 g/mol. The van der Waals surface area contributed by atoms with E-state index in [0.29, 0.717) is 10.6 Å². The molecule has 0 radical (unpaired) electrons. The van der Waals surface area contributed by atoms with E-state index < -0.39 is 34.1 Å². The Labute approximate surface area is 207 Å². The number of hydrogen-bond donors (Lipinski definition) is 0. The van der Waals surface area contributed by atoms with Crippen LogP contribution in [0.4, 0.5) is 8.78 Å². The first kappa shape index (κ1) is 24.8. The maximum atomic E-state index is 14.0. The Balaban J connectivity index is 1.48. The fourth-order valence-corrected chi connectivity index (χ4v) is 6.39. The van der Waals surface area contributed by atoms with E-state index in [1.807, 2.05) is 42.5 Å². The second-order valence-corrected chi connectivity index (χ2v) is 10.4. The summed E-state index contributed by atoms with van der Waals surface area (Å²) < 4.78 is 39.4. The molecule has 3 aromatic carbocycles. The van der Waals surface area contributed by atoms with E-state index in [2.05, 4.69) is 11.8 Å². The van der Waals surface area contributed by atoms with Gasteiger partial charge in [-0.1, -0.05) is 30.5 Å². The van der Waals surface area contributed by atoms with Crippen LogP contribution in [-0.2, 0) is 20.4 Å². The number of ether oxygens (including phenoxy) is 2. The van der Waals surface area contributed by atoms with Crippen molar-refractivity contribution < 1.29 is 23.0 Å². The summed E-state index contributed by atoms with van der Waals surface area (Å²) in [5, 5.41) is 0. The minimum Gasteiger partial charge on any atom is -0.482 e. The van der Waals surface area contributed by atoms with Crippen molar-refractivity contribution in [3.63, 3.8) is 0 Å². The summed E-state index contributed by atoms with van der Waals surface area (Å²) in [4.78, 5) is 14.8. The lowest BCUT2D eigenvalue weighted by Gasteiger charge is -2.32. The number of benzene rings is 3. The van der Waals surface area contributed by atoms with Crippen molar-refractivity contribution in [2.24, 2.45) is 0 Å². The largest absolute Gasteiger partial charge is 0.482 e. The Bertz CT molecular complexity index is 1190. The zero-order chi connectivity index (χ0) is 24.7. The van der Waals surface area contributed by atoms with Crippen LogP contribution in [-0.4, -0.2) is 18.2 Å². The summed E-state index contributed by atoms with van der Waals surface area (Å²) in [6, 6.07) is 20.4. The molecule has 1 unspecified atom stereocenters. The molecule has 0 amide bonds. The standard InChI is InChI=1S/C29H27F2O3S/c1-2-15-29(16-7-4-8-17-29)34-28(32)21-33-24-11-13-26(14-12-24)35(25-9-5-3-6-10-25)27-19-22(30)18-23(31)20-27/h3,5-6,9-14,18-20H,4,7-8,16-17,21H2,1H3/q+1. The highest BCUT2D eigenvalue weighted by atomic mass is 32.2. The number of esters is 1. The molecule has 3 aromatic rings. The predicted molar refractivity (Wildman–Crippen MR) is 132 cm³/mol. The van der Waals surface area contributed by atoms with E-state index in [9.17, 15) is 13.6 Å². The fraction of sp³-hybridized carbons (Fsp3) is 0.276. The predicted octanol–water partition coefficient (Wildman–Crippen LogP) is 6.71. The Morgan fingerprint density at radius 2 is 1.51 bits per heavy atom. The lowest BCUT2D eigenvalue weighted by molar-refractivity contribution is -0.159. The molecule has 0 spiro atoms. The zero-order valence-corrected chi connectivity index (χ0v) is 20.4. The van der Waals surface area contributed by atoms with Gasteiger partial charge in [0, 0.05) is 18.2 Å². The highest BCUT2D eigenvalue weighted by molar-refractivity contribution is 7.97. The van der Waals surface area contributed by atoms with E-state index >= 15 is 0 Å². The third-order valence-electron chi connectivity index (χ3n) is 5.79. The number of carbonyl (C=O) groups excluding carboxylic acids is 1. The van der Waals surface area contributed by atoms with Crippen molar-refractivity contribution in [2.75, 3.05) is 6.61 Å². The molecule has 1 saturated carbocycles. The van der Waals surface area contributed by atoms with Gasteiger partial charge < -0.3 is 9.47 Å². The third-order valence-corrected chi connectivity index (χ3v) is 7.98. The minimum absolute atomic E-state index is 0.216. The number of halogens is 2. The first-order valence-electron chi connectivity index (χ1n) is 11.6. The Kier molecular flexibility index (Phi) is 8.09. The highest BCUT2D eigenvalue weighted by Crippen LogP contribution is 2.33. The first-order valence-corrected chi connectivity index (χ1v) is 12.8. The van der Waals surface area contributed by atoms with Crippen LogP contribution in [0.1, 0.15) is 39.0 Å². The molecule has 180 valence electrons. The van der Waals surface area contributed by atoms with E-state index in [4.69, 9.17) is 9.47 Å². The van der Waals surface area contributed by atoms with Gasteiger partial charge in [0.1, 0.15) is 17.4 Å². The molecule has 1 fully saturated rings. The van der Waals surface area contributed by atoms with Gasteiger partial charge in [0.15, 0.2) is 26.9 Å². The molecule has 0 N–H and O–H groups in total. The third kappa shape index (κ3) is 6.43. The Morgan fingerprint density at radius 3 is 2.14 bits per heavy atom. The molecule has 1 aliphatic rings. The normalized spacial score (nSPS) is 15.4. The average molecular weight is 494 g/mol. The van der Waals surface area contributed by atoms with Crippen molar-refractivity contribution in [3.05, 3.63) is 84.4 Å². The van der Waals surface area contributed by atoms with Gasteiger partial charge in [-0.2, -0.15) is 0 Å². The van der Waals surface area contributed by atoms with Crippen molar-refractivity contribution in [2.45, 2.75) is 59.3 Å². The lowest BCUT2D eigenvalue weighted by Crippen LogP contribution is -2.37. The second-order valence-electron chi connectivity index (χ2n) is 8.39. The molecule has 0 aromatic heterocycles. The zero-order valence-electron chi connectivity index (χ0n) is 19.6. The molecule has 0 aliphatic heterocycles. The summed E-state index contributed by atoms with van der Waals surface area (Å²) in [6.45, 7) is 1.54. The van der Waals surface area contributed by atoms with Gasteiger partial charge in [0.25, 0.3) is 0 Å². The van der Waals surface area contributed by atoms with Crippen molar-refractivity contribution in [1.29, 1.82) is 0 Å². The number of carbonyl (C=O) groups is 1. The van der Waals surface area contributed by atoms with Crippen LogP contribution in [0, 0.1) is 23.5 Å². The van der Waals surface area contributed by atoms with Crippen LogP contribution >= 0.6 is 0 Å². The van der Waals surface area contributed by atoms with E-state index in [0.717, 1.165) is 48.0 Å². The maximum Gasteiger partial charge on any atom is 0.345 e. The van der Waals surface area contributed by atoms with E-state index in [1.165, 1.54) is 12.1 Å². The van der Waals surface area contributed by atoms with Crippen LogP contribution in [0.2, 0.25) is 0 Å². The SMILES string of the molecule is CC#CC1(OC(=O)COc2ccc([S+](c3ccccc3)c3cc(F)cc(F)c3)cc2)CCCCC1. The Morgan fingerprint density at radius 1 is 0.886 bits per heavy atom. The molecule has 0 heterocycles. The topological polar surface area (TPSA) is 35.5 Å². The lowest BCUT2D eigenvalue weighted by atomic mass is 9.85. The Hall–Kier alpha value is -3.30. The van der Waals surface area contributed by atoms with Crippen molar-refractivity contribution in [3.8, 4) is 17.6 Å². The van der Waals surface area contributed by atoms with Gasteiger partial charge in [-0.15, -0.1) is 5.92 Å². The van der Waals surface area contributed by atoms with Gasteiger partial charge in [0.2, 0.25) is 0 Å². The van der Waals surface area contributed by atoms with Gasteiger partial charge in [-0.05, 0) is 69.0 Å². The van der Waals surface area contributed by atoms with Crippen LogP contribution in [0.5, 0.6) is 5.75 Å². The molecule has 0 bridgehead atoms. The van der Waals surface area contributed by atoms with Gasteiger partial charge in [-0.25, -0.2) is 13.6 Å². The molecule has 1 atom stereocenters. The molecule has 1 aliphatic carbocycles. The van der Waals surface area contributed by atoms with Gasteiger partial charge in [-0.3, -0.25) is 0 Å². The van der Waals surface area contributed by atoms with E-state index in [1.54, 1.807) is 19.1 Å². The summed E-state index contributed by atoms with van der Waals surface area (Å²) >= 11 is 0. The summed E-state index contributed by atoms with van der Waals surface area (Å²) in [5.41, 5.74) is -0.707. The molecule has 0 saturated heterocycles. The van der Waals surface area contributed by atoms with Gasteiger partial charge in [0.05, 0.1) is 10.9 Å². The molecule has 4 rings (SSSR count). The minimum atomic E-state index is -0.712. The first-order chi connectivity index (χ1) is 17.0. The van der Waals surface area contributed by atoms with Crippen LogP contribution in [0.25, 0.3) is 0 Å². The molecular formula is C29H27F2O3S+. The second kappa shape index (κ2) is 11.4. The molecule has 3 nitrogen and oxygen atoms in total. The molecule has 6 heteroatoms. The summed E-state index contributed by atoms with van der Waals surface area (Å²) in [5.74, 6) is 4.81. The smallest absolute Gasteiger partial charge is 0.345 e. The number of rotatable bonds is 7. The van der Waals surface area contributed by atoms with Crippen molar-refractivity contribution in [1.82, 2.24) is 0 Å². The van der Waals surface area contributed by atoms with Gasteiger partial charge >= 0.3 is 5.97 Å². The van der Waals surface area contributed by atoms with Crippen LogP contribution in [0.15, 0.2) is 87.5 Å². The average Bonchev–Trinajstić information content (AvgIpc) is 2.84. The van der Waals surface area contributed by atoms with E-state index in [-0.39, 0.29) is 6.61 Å².